The van der Waals surface area contributed by atoms with Gasteiger partial charge >= 0.3 is 6.18 Å². The molecule has 0 aromatic heterocycles. The van der Waals surface area contributed by atoms with E-state index in [1.54, 1.807) is 6.92 Å². The van der Waals surface area contributed by atoms with Gasteiger partial charge in [0.2, 0.25) is 5.91 Å². The highest BCUT2D eigenvalue weighted by Crippen LogP contribution is 2.39. The Morgan fingerprint density at radius 3 is 2.67 bits per heavy atom. The fourth-order valence-electron chi connectivity index (χ4n) is 2.39. The van der Waals surface area contributed by atoms with E-state index in [4.69, 9.17) is 11.6 Å². The van der Waals surface area contributed by atoms with Crippen LogP contribution in [-0.2, 0) is 11.0 Å². The molecule has 0 spiro atoms. The molecule has 1 fully saturated rings. The number of carbonyl (C=O) groups is 1. The number of halogens is 4. The molecule has 1 unspecified atom stereocenters. The zero-order valence-corrected chi connectivity index (χ0v) is 12.2. The van der Waals surface area contributed by atoms with Crippen LogP contribution in [0.5, 0.6) is 0 Å². The lowest BCUT2D eigenvalue weighted by atomic mass is 9.90. The van der Waals surface area contributed by atoms with Crippen LogP contribution in [0.2, 0.25) is 5.02 Å². The number of alkyl halides is 3. The third-order valence-corrected chi connectivity index (χ3v) is 3.99. The summed E-state index contributed by atoms with van der Waals surface area (Å²) in [6.07, 6.45) is -2.20. The van der Waals surface area contributed by atoms with Gasteiger partial charge in [0, 0.05) is 0 Å². The molecule has 116 valence electrons. The summed E-state index contributed by atoms with van der Waals surface area (Å²) in [5.41, 5.74) is -2.20. The number of piperidine rings is 1. The van der Waals surface area contributed by atoms with Crippen LogP contribution in [0.15, 0.2) is 18.2 Å². The molecule has 2 N–H and O–H groups in total. The van der Waals surface area contributed by atoms with Crippen LogP contribution in [0.3, 0.4) is 0 Å². The Hall–Kier alpha value is -1.27. The lowest BCUT2D eigenvalue weighted by Gasteiger charge is -2.33. The molecular weight excluding hydrogens is 305 g/mol. The molecule has 0 bridgehead atoms. The third-order valence-electron chi connectivity index (χ3n) is 3.68. The third kappa shape index (κ3) is 3.49. The number of rotatable bonds is 2. The Morgan fingerprint density at radius 1 is 1.38 bits per heavy atom. The molecule has 0 aliphatic carbocycles. The number of anilines is 1. The van der Waals surface area contributed by atoms with Gasteiger partial charge in [-0.15, -0.1) is 0 Å². The largest absolute Gasteiger partial charge is 0.418 e. The number of para-hydroxylation sites is 1. The summed E-state index contributed by atoms with van der Waals surface area (Å²) in [5.74, 6) is -0.499. The highest BCUT2D eigenvalue weighted by Gasteiger charge is 2.38. The minimum Gasteiger partial charge on any atom is -0.323 e. The lowest BCUT2D eigenvalue weighted by molar-refractivity contribution is -0.137. The van der Waals surface area contributed by atoms with E-state index >= 15 is 0 Å². The second-order valence-electron chi connectivity index (χ2n) is 5.33. The molecule has 1 aromatic carbocycles. The highest BCUT2D eigenvalue weighted by atomic mass is 35.5. The summed E-state index contributed by atoms with van der Waals surface area (Å²) >= 11 is 5.83. The standard InChI is InChI=1S/C14H16ClF3N2O/c1-13(7-2-3-8-19-13)12(21)20-11-9(14(16,17)18)5-4-6-10(11)15/h4-6,19H,2-3,7-8H2,1H3,(H,20,21). The van der Waals surface area contributed by atoms with Crippen molar-refractivity contribution in [2.45, 2.75) is 37.9 Å². The molecule has 1 aliphatic rings. The van der Waals surface area contributed by atoms with Gasteiger partial charge in [-0.2, -0.15) is 13.2 Å². The fraction of sp³-hybridized carbons (Fsp3) is 0.500. The van der Waals surface area contributed by atoms with Gasteiger partial charge in [-0.25, -0.2) is 0 Å². The monoisotopic (exact) mass is 320 g/mol. The van der Waals surface area contributed by atoms with Crippen molar-refractivity contribution in [2.24, 2.45) is 0 Å². The van der Waals surface area contributed by atoms with E-state index in [0.717, 1.165) is 18.9 Å². The van der Waals surface area contributed by atoms with Crippen molar-refractivity contribution < 1.29 is 18.0 Å². The minimum atomic E-state index is -4.57. The van der Waals surface area contributed by atoms with E-state index < -0.39 is 23.2 Å². The Bertz CT molecular complexity index is 540. The van der Waals surface area contributed by atoms with E-state index in [2.05, 4.69) is 10.6 Å². The first kappa shape index (κ1) is 16.1. The molecule has 0 saturated carbocycles. The lowest BCUT2D eigenvalue weighted by Crippen LogP contribution is -2.54. The first-order valence-electron chi connectivity index (χ1n) is 6.66. The van der Waals surface area contributed by atoms with Crippen molar-refractivity contribution in [1.29, 1.82) is 0 Å². The molecule has 0 radical (unpaired) electrons. The van der Waals surface area contributed by atoms with Gasteiger partial charge < -0.3 is 10.6 Å². The Kier molecular flexibility index (Phi) is 4.49. The number of amides is 1. The van der Waals surface area contributed by atoms with Crippen LogP contribution in [0.1, 0.15) is 31.7 Å². The molecule has 1 aliphatic heterocycles. The molecule has 1 aromatic rings. The van der Waals surface area contributed by atoms with Crippen LogP contribution < -0.4 is 10.6 Å². The molecule has 7 heteroatoms. The van der Waals surface area contributed by atoms with Crippen molar-refractivity contribution in [3.63, 3.8) is 0 Å². The molecule has 1 heterocycles. The summed E-state index contributed by atoms with van der Waals surface area (Å²) in [6.45, 7) is 2.35. The molecule has 2 rings (SSSR count). The second kappa shape index (κ2) is 5.85. The Labute approximate surface area is 125 Å². The normalized spacial score (nSPS) is 22.9. The molecule has 1 atom stereocenters. The maximum absolute atomic E-state index is 13.0. The van der Waals surface area contributed by atoms with Crippen LogP contribution >= 0.6 is 11.6 Å². The molecular formula is C14H16ClF3N2O. The maximum atomic E-state index is 13.0. The number of carbonyl (C=O) groups excluding carboxylic acids is 1. The number of hydrogen-bond acceptors (Lipinski definition) is 2. The van der Waals surface area contributed by atoms with E-state index in [1.165, 1.54) is 12.1 Å². The SMILES string of the molecule is CC1(C(=O)Nc2c(Cl)cccc2C(F)(F)F)CCCCN1. The van der Waals surface area contributed by atoms with Gasteiger partial charge in [-0.3, -0.25) is 4.79 Å². The van der Waals surface area contributed by atoms with Crippen LogP contribution in [0.4, 0.5) is 18.9 Å². The Balaban J connectivity index is 2.29. The smallest absolute Gasteiger partial charge is 0.323 e. The average Bonchev–Trinajstić information content (AvgIpc) is 2.40. The first-order chi connectivity index (χ1) is 9.74. The molecule has 21 heavy (non-hydrogen) atoms. The van der Waals surface area contributed by atoms with E-state index in [9.17, 15) is 18.0 Å². The molecule has 3 nitrogen and oxygen atoms in total. The van der Waals surface area contributed by atoms with Gasteiger partial charge in [0.15, 0.2) is 0 Å². The summed E-state index contributed by atoms with van der Waals surface area (Å²) in [4.78, 5) is 12.3. The highest BCUT2D eigenvalue weighted by molar-refractivity contribution is 6.34. The summed E-state index contributed by atoms with van der Waals surface area (Å²) in [6, 6.07) is 3.43. The second-order valence-corrected chi connectivity index (χ2v) is 5.74. The van der Waals surface area contributed by atoms with Gasteiger partial charge in [-0.05, 0) is 44.9 Å². The van der Waals surface area contributed by atoms with Crippen LogP contribution in [-0.4, -0.2) is 18.0 Å². The first-order valence-corrected chi connectivity index (χ1v) is 7.04. The van der Waals surface area contributed by atoms with Crippen molar-refractivity contribution in [2.75, 3.05) is 11.9 Å². The minimum absolute atomic E-state index is 0.127. The quantitative estimate of drug-likeness (QED) is 0.869. The predicted molar refractivity (Wildman–Crippen MR) is 75.3 cm³/mol. The van der Waals surface area contributed by atoms with Gasteiger partial charge in [0.1, 0.15) is 0 Å². The van der Waals surface area contributed by atoms with E-state index in [-0.39, 0.29) is 10.7 Å². The van der Waals surface area contributed by atoms with E-state index in [1.807, 2.05) is 0 Å². The van der Waals surface area contributed by atoms with Crippen LogP contribution in [0.25, 0.3) is 0 Å². The Morgan fingerprint density at radius 2 is 2.10 bits per heavy atom. The summed E-state index contributed by atoms with van der Waals surface area (Å²) in [5, 5.41) is 5.27. The zero-order valence-electron chi connectivity index (χ0n) is 11.5. The molecule has 1 saturated heterocycles. The average molecular weight is 321 g/mol. The van der Waals surface area contributed by atoms with Crippen molar-refractivity contribution in [1.82, 2.24) is 5.32 Å². The number of hydrogen-bond donors (Lipinski definition) is 2. The van der Waals surface area contributed by atoms with Crippen molar-refractivity contribution >= 4 is 23.2 Å². The van der Waals surface area contributed by atoms with Crippen molar-refractivity contribution in [3.8, 4) is 0 Å². The maximum Gasteiger partial charge on any atom is 0.418 e. The number of benzene rings is 1. The van der Waals surface area contributed by atoms with Crippen LogP contribution in [0, 0.1) is 0 Å². The van der Waals surface area contributed by atoms with Crippen molar-refractivity contribution in [3.05, 3.63) is 28.8 Å². The zero-order chi connectivity index (χ0) is 15.7. The summed E-state index contributed by atoms with van der Waals surface area (Å²) in [7, 11) is 0. The van der Waals surface area contributed by atoms with Gasteiger partial charge in [-0.1, -0.05) is 17.7 Å². The van der Waals surface area contributed by atoms with Gasteiger partial charge in [0.05, 0.1) is 21.8 Å². The molecule has 1 amide bonds. The topological polar surface area (TPSA) is 41.1 Å². The van der Waals surface area contributed by atoms with E-state index in [0.29, 0.717) is 13.0 Å². The fourth-order valence-corrected chi connectivity index (χ4v) is 2.61. The van der Waals surface area contributed by atoms with Gasteiger partial charge in [0.25, 0.3) is 0 Å². The summed E-state index contributed by atoms with van der Waals surface area (Å²) < 4.78 is 39.0. The number of nitrogens with one attached hydrogen (secondary N) is 2. The predicted octanol–water partition coefficient (Wildman–Crippen LogP) is 3.83.